The van der Waals surface area contributed by atoms with Gasteiger partial charge in [-0.1, -0.05) is 13.8 Å². The van der Waals surface area contributed by atoms with Gasteiger partial charge in [-0.15, -0.1) is 0 Å². The van der Waals surface area contributed by atoms with Crippen LogP contribution in [0.25, 0.3) is 0 Å². The van der Waals surface area contributed by atoms with Gasteiger partial charge in [0.1, 0.15) is 5.82 Å². The summed E-state index contributed by atoms with van der Waals surface area (Å²) in [4.78, 5) is 22.4. The number of amides is 1. The van der Waals surface area contributed by atoms with E-state index in [1.54, 1.807) is 0 Å². The van der Waals surface area contributed by atoms with Gasteiger partial charge in [-0.05, 0) is 31.2 Å². The maximum absolute atomic E-state index is 13.5. The topological polar surface area (TPSA) is 78.4 Å². The van der Waals surface area contributed by atoms with E-state index in [0.29, 0.717) is 19.0 Å². The molecule has 0 fully saturated rings. The molecular formula is C14H19FN2O3. The highest BCUT2D eigenvalue weighted by molar-refractivity contribution is 5.94. The molecule has 110 valence electrons. The third kappa shape index (κ3) is 5.36. The third-order valence-corrected chi connectivity index (χ3v) is 2.62. The molecule has 0 aliphatic carbocycles. The summed E-state index contributed by atoms with van der Waals surface area (Å²) >= 11 is 0. The number of benzene rings is 1. The minimum Gasteiger partial charge on any atom is -0.478 e. The van der Waals surface area contributed by atoms with Crippen molar-refractivity contribution < 1.29 is 19.1 Å². The zero-order valence-corrected chi connectivity index (χ0v) is 11.6. The summed E-state index contributed by atoms with van der Waals surface area (Å²) < 4.78 is 13.5. The molecule has 5 nitrogen and oxygen atoms in total. The molecule has 1 amide bonds. The van der Waals surface area contributed by atoms with Crippen LogP contribution in [-0.2, 0) is 4.79 Å². The van der Waals surface area contributed by atoms with Crippen molar-refractivity contribution in [2.24, 2.45) is 0 Å². The van der Waals surface area contributed by atoms with Gasteiger partial charge in [0.15, 0.2) is 0 Å². The molecule has 1 rings (SSSR count). The molecule has 0 heterocycles. The highest BCUT2D eigenvalue weighted by atomic mass is 19.1. The minimum absolute atomic E-state index is 0.0665. The summed E-state index contributed by atoms with van der Waals surface area (Å²) in [6.45, 7) is 4.71. The number of anilines is 1. The summed E-state index contributed by atoms with van der Waals surface area (Å²) in [5, 5.41) is 14.4. The molecule has 3 N–H and O–H groups in total. The van der Waals surface area contributed by atoms with Crippen molar-refractivity contribution in [3.8, 4) is 0 Å². The first-order valence-corrected chi connectivity index (χ1v) is 6.46. The van der Waals surface area contributed by atoms with Gasteiger partial charge in [0.25, 0.3) is 0 Å². The van der Waals surface area contributed by atoms with Gasteiger partial charge in [-0.25, -0.2) is 9.18 Å². The number of nitrogens with one attached hydrogen (secondary N) is 2. The molecule has 0 saturated carbocycles. The van der Waals surface area contributed by atoms with Crippen LogP contribution in [0.1, 0.15) is 37.0 Å². The van der Waals surface area contributed by atoms with E-state index in [1.807, 2.05) is 13.8 Å². The molecule has 6 heteroatoms. The van der Waals surface area contributed by atoms with Crippen molar-refractivity contribution in [2.75, 3.05) is 11.9 Å². The Labute approximate surface area is 117 Å². The van der Waals surface area contributed by atoms with E-state index < -0.39 is 11.8 Å². The lowest BCUT2D eigenvalue weighted by Gasteiger charge is -2.09. The van der Waals surface area contributed by atoms with Crippen LogP contribution in [0.5, 0.6) is 0 Å². The second-order valence-electron chi connectivity index (χ2n) is 4.76. The predicted octanol–water partition coefficient (Wildman–Crippen LogP) is 2.24. The Balaban J connectivity index is 2.53. The van der Waals surface area contributed by atoms with Gasteiger partial charge in [-0.3, -0.25) is 4.79 Å². The molecule has 1 aromatic carbocycles. The number of hydrogen-bond donors (Lipinski definition) is 3. The number of hydrogen-bond acceptors (Lipinski definition) is 3. The van der Waals surface area contributed by atoms with Crippen molar-refractivity contribution in [1.29, 1.82) is 0 Å². The van der Waals surface area contributed by atoms with E-state index in [-0.39, 0.29) is 23.6 Å². The van der Waals surface area contributed by atoms with Gasteiger partial charge in [0, 0.05) is 12.5 Å². The second-order valence-corrected chi connectivity index (χ2v) is 4.76. The number of carbonyl (C=O) groups is 2. The fraction of sp³-hybridized carbons (Fsp3) is 0.429. The van der Waals surface area contributed by atoms with E-state index in [1.165, 1.54) is 0 Å². The Morgan fingerprint density at radius 3 is 2.65 bits per heavy atom. The average molecular weight is 282 g/mol. The lowest BCUT2D eigenvalue weighted by Crippen LogP contribution is -2.24. The van der Waals surface area contributed by atoms with E-state index in [9.17, 15) is 14.0 Å². The third-order valence-electron chi connectivity index (χ3n) is 2.62. The fourth-order valence-electron chi connectivity index (χ4n) is 1.61. The van der Waals surface area contributed by atoms with Crippen molar-refractivity contribution in [3.05, 3.63) is 29.6 Å². The zero-order valence-electron chi connectivity index (χ0n) is 11.6. The molecule has 0 spiro atoms. The molecule has 0 aliphatic heterocycles. The summed E-state index contributed by atoms with van der Waals surface area (Å²) in [6.07, 6.45) is 0.876. The number of carboxylic acids is 1. The summed E-state index contributed by atoms with van der Waals surface area (Å²) in [7, 11) is 0. The van der Waals surface area contributed by atoms with E-state index in [2.05, 4.69) is 10.6 Å². The van der Waals surface area contributed by atoms with Crippen LogP contribution in [0.15, 0.2) is 18.2 Å². The van der Waals surface area contributed by atoms with Crippen LogP contribution >= 0.6 is 0 Å². The summed E-state index contributed by atoms with van der Waals surface area (Å²) in [6, 6.07) is 3.64. The Bertz CT molecular complexity index is 489. The lowest BCUT2D eigenvalue weighted by atomic mass is 10.2. The molecule has 0 aromatic heterocycles. The lowest BCUT2D eigenvalue weighted by molar-refractivity contribution is -0.116. The smallest absolute Gasteiger partial charge is 0.335 e. The zero-order chi connectivity index (χ0) is 15.1. The van der Waals surface area contributed by atoms with Crippen LogP contribution < -0.4 is 10.6 Å². The number of carboxylic acid groups (broad SMARTS) is 1. The molecule has 0 atom stereocenters. The molecule has 20 heavy (non-hydrogen) atoms. The van der Waals surface area contributed by atoms with Crippen LogP contribution in [-0.4, -0.2) is 29.6 Å². The normalized spacial score (nSPS) is 10.6. The van der Waals surface area contributed by atoms with Crippen molar-refractivity contribution in [2.45, 2.75) is 32.7 Å². The van der Waals surface area contributed by atoms with Crippen LogP contribution in [0, 0.1) is 5.82 Å². The van der Waals surface area contributed by atoms with E-state index in [4.69, 9.17) is 5.11 Å². The highest BCUT2D eigenvalue weighted by Crippen LogP contribution is 2.16. The Hall–Kier alpha value is -1.95. The summed E-state index contributed by atoms with van der Waals surface area (Å²) in [5.74, 6) is -2.15. The first kappa shape index (κ1) is 16.1. The van der Waals surface area contributed by atoms with Crippen LogP contribution in [0.4, 0.5) is 10.1 Å². The molecule has 0 saturated heterocycles. The van der Waals surface area contributed by atoms with Crippen molar-refractivity contribution in [1.82, 2.24) is 5.32 Å². The predicted molar refractivity (Wildman–Crippen MR) is 74.4 cm³/mol. The Morgan fingerprint density at radius 2 is 2.05 bits per heavy atom. The SMILES string of the molecule is CC(C)NCCCC(=O)Nc1cc(C(=O)O)ccc1F. The Morgan fingerprint density at radius 1 is 1.35 bits per heavy atom. The Kier molecular flexibility index (Phi) is 6.11. The van der Waals surface area contributed by atoms with Crippen LogP contribution in [0.3, 0.4) is 0 Å². The first-order valence-electron chi connectivity index (χ1n) is 6.46. The van der Waals surface area contributed by atoms with Gasteiger partial charge in [0.05, 0.1) is 11.3 Å². The first-order chi connectivity index (χ1) is 9.40. The quantitative estimate of drug-likeness (QED) is 0.670. The summed E-state index contributed by atoms with van der Waals surface area (Å²) in [5.41, 5.74) is -0.171. The largest absolute Gasteiger partial charge is 0.478 e. The maximum atomic E-state index is 13.5. The number of aromatic carboxylic acids is 1. The van der Waals surface area contributed by atoms with Gasteiger partial charge >= 0.3 is 5.97 Å². The molecular weight excluding hydrogens is 263 g/mol. The van der Waals surface area contributed by atoms with Crippen LogP contribution in [0.2, 0.25) is 0 Å². The number of halogens is 1. The number of rotatable bonds is 7. The fourth-order valence-corrected chi connectivity index (χ4v) is 1.61. The average Bonchev–Trinajstić information content (AvgIpc) is 2.37. The second kappa shape index (κ2) is 7.59. The molecule has 1 aromatic rings. The standard InChI is InChI=1S/C14H19FN2O3/c1-9(2)16-7-3-4-13(18)17-12-8-10(14(19)20)5-6-11(12)15/h5-6,8-9,16H,3-4,7H2,1-2H3,(H,17,18)(H,19,20). The number of carbonyl (C=O) groups excluding carboxylic acids is 1. The molecule has 0 radical (unpaired) electrons. The van der Waals surface area contributed by atoms with Gasteiger partial charge < -0.3 is 15.7 Å². The molecule has 0 unspecified atom stereocenters. The molecule has 0 aliphatic rings. The maximum Gasteiger partial charge on any atom is 0.335 e. The minimum atomic E-state index is -1.17. The van der Waals surface area contributed by atoms with E-state index >= 15 is 0 Å². The van der Waals surface area contributed by atoms with E-state index in [0.717, 1.165) is 18.2 Å². The molecule has 0 bridgehead atoms. The monoisotopic (exact) mass is 282 g/mol. The highest BCUT2D eigenvalue weighted by Gasteiger charge is 2.11. The van der Waals surface area contributed by atoms with Gasteiger partial charge in [0.2, 0.25) is 5.91 Å². The van der Waals surface area contributed by atoms with Crippen molar-refractivity contribution in [3.63, 3.8) is 0 Å². The van der Waals surface area contributed by atoms with Gasteiger partial charge in [-0.2, -0.15) is 0 Å². The van der Waals surface area contributed by atoms with Crippen molar-refractivity contribution >= 4 is 17.6 Å².